The molecule has 0 aliphatic heterocycles. The van der Waals surface area contributed by atoms with Crippen LogP contribution in [-0.2, 0) is 6.54 Å². The van der Waals surface area contributed by atoms with E-state index in [2.05, 4.69) is 20.4 Å². The summed E-state index contributed by atoms with van der Waals surface area (Å²) in [5.74, 6) is -0.803. The first-order valence-electron chi connectivity index (χ1n) is 10.0. The maximum atomic E-state index is 14.0. The van der Waals surface area contributed by atoms with E-state index in [4.69, 9.17) is 5.73 Å². The van der Waals surface area contributed by atoms with Gasteiger partial charge in [-0.05, 0) is 48.5 Å². The van der Waals surface area contributed by atoms with Gasteiger partial charge in [-0.25, -0.2) is 22.8 Å². The summed E-state index contributed by atoms with van der Waals surface area (Å²) in [4.78, 5) is 8.99. The first-order chi connectivity index (χ1) is 16.0. The van der Waals surface area contributed by atoms with Gasteiger partial charge in [0.2, 0.25) is 5.95 Å². The molecule has 0 radical (unpaired) electrons. The highest BCUT2D eigenvalue weighted by Gasteiger charge is 2.19. The third-order valence-corrected chi connectivity index (χ3v) is 5.13. The Bertz CT molecular complexity index is 1460. The number of hydrogen-bond donors (Lipinski definition) is 2. The van der Waals surface area contributed by atoms with Gasteiger partial charge in [0.15, 0.2) is 5.65 Å². The molecule has 5 aromatic rings. The molecule has 0 aliphatic rings. The van der Waals surface area contributed by atoms with Crippen LogP contribution in [-0.4, -0.2) is 19.7 Å². The quantitative estimate of drug-likeness (QED) is 0.393. The zero-order valence-corrected chi connectivity index (χ0v) is 17.1. The molecule has 5 rings (SSSR count). The number of nitrogens with one attached hydrogen (secondary N) is 1. The summed E-state index contributed by atoms with van der Waals surface area (Å²) >= 11 is 0. The Labute approximate surface area is 186 Å². The maximum Gasteiger partial charge on any atom is 0.225 e. The van der Waals surface area contributed by atoms with Gasteiger partial charge in [0, 0.05) is 17.7 Å². The summed E-state index contributed by atoms with van der Waals surface area (Å²) in [6.07, 6.45) is 0. The second-order valence-corrected chi connectivity index (χ2v) is 7.32. The van der Waals surface area contributed by atoms with Crippen LogP contribution in [0.3, 0.4) is 0 Å². The largest absolute Gasteiger partial charge is 0.383 e. The smallest absolute Gasteiger partial charge is 0.225 e. The lowest BCUT2D eigenvalue weighted by atomic mass is 10.1. The molecule has 0 amide bonds. The molecule has 3 aromatic carbocycles. The van der Waals surface area contributed by atoms with Crippen LogP contribution in [0.4, 0.5) is 24.9 Å². The van der Waals surface area contributed by atoms with E-state index in [1.54, 1.807) is 42.5 Å². The first kappa shape index (κ1) is 20.5. The summed E-state index contributed by atoms with van der Waals surface area (Å²) < 4.78 is 42.7. The van der Waals surface area contributed by atoms with Gasteiger partial charge >= 0.3 is 0 Å². The Morgan fingerprint density at radius 2 is 1.64 bits per heavy atom. The first-order valence-corrected chi connectivity index (χ1v) is 10.0. The zero-order chi connectivity index (χ0) is 22.9. The van der Waals surface area contributed by atoms with Gasteiger partial charge < -0.3 is 11.1 Å². The van der Waals surface area contributed by atoms with E-state index in [-0.39, 0.29) is 29.8 Å². The second kappa shape index (κ2) is 8.27. The van der Waals surface area contributed by atoms with Crippen molar-refractivity contribution in [3.05, 3.63) is 95.8 Å². The predicted octanol–water partition coefficient (Wildman–Crippen LogP) is 5.09. The minimum atomic E-state index is -0.441. The van der Waals surface area contributed by atoms with Crippen LogP contribution >= 0.6 is 0 Å². The minimum absolute atomic E-state index is 0.140. The fourth-order valence-electron chi connectivity index (χ4n) is 3.53. The normalized spacial score (nSPS) is 11.1. The van der Waals surface area contributed by atoms with Crippen molar-refractivity contribution in [3.63, 3.8) is 0 Å². The van der Waals surface area contributed by atoms with Gasteiger partial charge in [-0.3, -0.25) is 0 Å². The number of halogens is 3. The van der Waals surface area contributed by atoms with Crippen LogP contribution in [0.5, 0.6) is 0 Å². The van der Waals surface area contributed by atoms with E-state index in [1.807, 2.05) is 0 Å². The Morgan fingerprint density at radius 1 is 0.848 bits per heavy atom. The van der Waals surface area contributed by atoms with Crippen molar-refractivity contribution in [1.29, 1.82) is 0 Å². The van der Waals surface area contributed by atoms with Crippen molar-refractivity contribution in [2.24, 2.45) is 0 Å². The summed E-state index contributed by atoms with van der Waals surface area (Å²) in [6, 6.07) is 17.9. The van der Waals surface area contributed by atoms with Crippen molar-refractivity contribution < 1.29 is 13.2 Å². The molecule has 0 spiro atoms. The number of nitrogens with two attached hydrogens (primary N) is 1. The number of nitrogen functional groups attached to an aromatic ring is 1. The monoisotopic (exact) mass is 446 g/mol. The summed E-state index contributed by atoms with van der Waals surface area (Å²) in [7, 11) is 0. The maximum absolute atomic E-state index is 14.0. The number of aromatic nitrogens is 4. The van der Waals surface area contributed by atoms with Crippen LogP contribution in [0.2, 0.25) is 0 Å². The van der Waals surface area contributed by atoms with E-state index in [1.165, 1.54) is 35.0 Å². The van der Waals surface area contributed by atoms with Gasteiger partial charge in [-0.15, -0.1) is 5.10 Å². The van der Waals surface area contributed by atoms with E-state index in [0.717, 1.165) is 0 Å². The SMILES string of the molecule is Nc1c2c(-c3ccc(F)cc3)nc(NCc3ccccc3F)nc2nn1-c1cccc(F)c1. The Balaban J connectivity index is 1.65. The molecule has 0 unspecified atom stereocenters. The topological polar surface area (TPSA) is 81.7 Å². The molecule has 0 fully saturated rings. The molecular formula is C24H17F3N6. The average molecular weight is 446 g/mol. The zero-order valence-electron chi connectivity index (χ0n) is 17.1. The summed E-state index contributed by atoms with van der Waals surface area (Å²) in [5, 5.41) is 7.89. The minimum Gasteiger partial charge on any atom is -0.383 e. The fourth-order valence-corrected chi connectivity index (χ4v) is 3.53. The molecule has 0 saturated carbocycles. The number of hydrogen-bond acceptors (Lipinski definition) is 5. The van der Waals surface area contributed by atoms with Crippen molar-refractivity contribution in [2.45, 2.75) is 6.54 Å². The van der Waals surface area contributed by atoms with Crippen molar-refractivity contribution in [2.75, 3.05) is 11.1 Å². The number of fused-ring (bicyclic) bond motifs is 1. The molecule has 2 aromatic heterocycles. The van der Waals surface area contributed by atoms with Crippen LogP contribution in [0, 0.1) is 17.5 Å². The lowest BCUT2D eigenvalue weighted by Gasteiger charge is -2.09. The van der Waals surface area contributed by atoms with Gasteiger partial charge in [-0.1, -0.05) is 24.3 Å². The van der Waals surface area contributed by atoms with E-state index < -0.39 is 11.6 Å². The fraction of sp³-hybridized carbons (Fsp3) is 0.0417. The van der Waals surface area contributed by atoms with Crippen molar-refractivity contribution in [3.8, 4) is 16.9 Å². The van der Waals surface area contributed by atoms with Crippen LogP contribution in [0.25, 0.3) is 28.0 Å². The van der Waals surface area contributed by atoms with E-state index >= 15 is 0 Å². The standard InChI is InChI=1S/C24H17F3N6/c25-16-10-8-14(9-11-16)21-20-22(28)33(18-6-3-5-17(26)12-18)32-23(20)31-24(30-21)29-13-15-4-1-2-7-19(15)27/h1-12H,13,28H2,(H,29,31,32). The highest BCUT2D eigenvalue weighted by atomic mass is 19.1. The summed E-state index contributed by atoms with van der Waals surface area (Å²) in [5.41, 5.74) is 8.48. The Morgan fingerprint density at radius 3 is 2.39 bits per heavy atom. The van der Waals surface area contributed by atoms with Gasteiger partial charge in [0.05, 0.1) is 16.8 Å². The Hall–Kier alpha value is -4.40. The van der Waals surface area contributed by atoms with Gasteiger partial charge in [0.1, 0.15) is 23.3 Å². The molecule has 2 heterocycles. The van der Waals surface area contributed by atoms with Gasteiger partial charge in [0.25, 0.3) is 0 Å². The molecule has 164 valence electrons. The summed E-state index contributed by atoms with van der Waals surface area (Å²) in [6.45, 7) is 0.140. The third kappa shape index (κ3) is 3.96. The molecule has 3 N–H and O–H groups in total. The molecule has 0 aliphatic carbocycles. The predicted molar refractivity (Wildman–Crippen MR) is 120 cm³/mol. The van der Waals surface area contributed by atoms with E-state index in [0.29, 0.717) is 27.9 Å². The highest BCUT2D eigenvalue weighted by Crippen LogP contribution is 2.33. The number of nitrogens with zero attached hydrogens (tertiary/aromatic N) is 4. The lowest BCUT2D eigenvalue weighted by Crippen LogP contribution is -2.06. The molecular weight excluding hydrogens is 429 g/mol. The molecule has 0 atom stereocenters. The van der Waals surface area contributed by atoms with Crippen LogP contribution in [0.1, 0.15) is 5.56 Å². The third-order valence-electron chi connectivity index (χ3n) is 5.13. The number of anilines is 2. The molecule has 9 heteroatoms. The van der Waals surface area contributed by atoms with E-state index in [9.17, 15) is 13.2 Å². The van der Waals surface area contributed by atoms with Gasteiger partial charge in [-0.2, -0.15) is 4.98 Å². The molecule has 6 nitrogen and oxygen atoms in total. The number of rotatable bonds is 5. The van der Waals surface area contributed by atoms with Crippen LogP contribution < -0.4 is 11.1 Å². The molecule has 0 saturated heterocycles. The number of benzene rings is 3. The lowest BCUT2D eigenvalue weighted by molar-refractivity contribution is 0.612. The van der Waals surface area contributed by atoms with Crippen molar-refractivity contribution in [1.82, 2.24) is 19.7 Å². The molecule has 0 bridgehead atoms. The average Bonchev–Trinajstić information content (AvgIpc) is 3.15. The molecule has 33 heavy (non-hydrogen) atoms. The Kier molecular flexibility index (Phi) is 5.14. The highest BCUT2D eigenvalue weighted by molar-refractivity contribution is 5.99. The van der Waals surface area contributed by atoms with Crippen molar-refractivity contribution >= 4 is 22.8 Å². The second-order valence-electron chi connectivity index (χ2n) is 7.32. The van der Waals surface area contributed by atoms with Crippen LogP contribution in [0.15, 0.2) is 72.8 Å².